The van der Waals surface area contributed by atoms with Crippen molar-refractivity contribution in [3.63, 3.8) is 0 Å². The Morgan fingerprint density at radius 2 is 2.15 bits per heavy atom. The van der Waals surface area contributed by atoms with E-state index in [4.69, 9.17) is 5.73 Å². The molecule has 9 heteroatoms. The highest BCUT2D eigenvalue weighted by molar-refractivity contribution is 14.0. The molecule has 3 N–H and O–H groups in total. The van der Waals surface area contributed by atoms with Gasteiger partial charge in [0.2, 0.25) is 0 Å². The minimum Gasteiger partial charge on any atom is -0.370 e. The Balaban J connectivity index is 0.00000361. The molecule has 0 aliphatic carbocycles. The van der Waals surface area contributed by atoms with Gasteiger partial charge in [-0.1, -0.05) is 13.3 Å². The van der Waals surface area contributed by atoms with E-state index in [1.807, 2.05) is 6.92 Å². The van der Waals surface area contributed by atoms with Gasteiger partial charge in [-0.25, -0.2) is 4.99 Å². The molecule has 1 heterocycles. The minimum atomic E-state index is -4.48. The van der Waals surface area contributed by atoms with Gasteiger partial charge in [-0.3, -0.25) is 4.68 Å². The summed E-state index contributed by atoms with van der Waals surface area (Å²) in [4.78, 5) is 3.88. The van der Waals surface area contributed by atoms with E-state index in [1.165, 1.54) is 13.2 Å². The lowest BCUT2D eigenvalue weighted by atomic mass is 10.2. The molecule has 0 unspecified atom stereocenters. The summed E-state index contributed by atoms with van der Waals surface area (Å²) in [5, 5.41) is 6.23. The van der Waals surface area contributed by atoms with Crippen LogP contribution < -0.4 is 11.1 Å². The summed E-state index contributed by atoms with van der Waals surface area (Å²) in [6.45, 7) is 2.54. The Hall–Kier alpha value is -1.00. The van der Waals surface area contributed by atoms with Crippen molar-refractivity contribution in [3.8, 4) is 0 Å². The van der Waals surface area contributed by atoms with Crippen molar-refractivity contribution in [1.29, 1.82) is 0 Å². The molecule has 0 spiro atoms. The zero-order valence-corrected chi connectivity index (χ0v) is 13.7. The predicted octanol–water partition coefficient (Wildman–Crippen LogP) is 2.26. The maximum atomic E-state index is 12.7. The molecule has 5 nitrogen and oxygen atoms in total. The third kappa shape index (κ3) is 5.97. The van der Waals surface area contributed by atoms with Crippen LogP contribution in [0.25, 0.3) is 0 Å². The molecule has 0 saturated heterocycles. The number of nitrogens with zero attached hydrogens (tertiary/aromatic N) is 3. The highest BCUT2D eigenvalue weighted by Gasteiger charge is 2.36. The van der Waals surface area contributed by atoms with Crippen molar-refractivity contribution in [3.05, 3.63) is 17.5 Å². The first-order valence-electron chi connectivity index (χ1n) is 5.98. The Bertz CT molecular complexity index is 442. The molecule has 0 saturated carbocycles. The molecule has 0 aliphatic rings. The Morgan fingerprint density at radius 3 is 2.70 bits per heavy atom. The third-order valence-electron chi connectivity index (χ3n) is 2.43. The van der Waals surface area contributed by atoms with E-state index in [1.54, 1.807) is 0 Å². The number of guanidine groups is 1. The molecule has 0 fully saturated rings. The topological polar surface area (TPSA) is 68.2 Å². The number of aliphatic imine (C=N–C) groups is 1. The fourth-order valence-electron chi connectivity index (χ4n) is 1.51. The van der Waals surface area contributed by atoms with Crippen LogP contribution in [-0.2, 0) is 19.8 Å². The number of aromatic nitrogens is 2. The van der Waals surface area contributed by atoms with Gasteiger partial charge >= 0.3 is 6.18 Å². The zero-order valence-electron chi connectivity index (χ0n) is 11.4. The molecule has 0 radical (unpaired) electrons. The van der Waals surface area contributed by atoms with E-state index in [-0.39, 0.29) is 42.0 Å². The number of alkyl halides is 3. The molecular weight excluding hydrogens is 386 g/mol. The van der Waals surface area contributed by atoms with Gasteiger partial charge in [-0.05, 0) is 6.42 Å². The second kappa shape index (κ2) is 8.32. The van der Waals surface area contributed by atoms with Crippen LogP contribution in [-0.4, -0.2) is 22.3 Å². The molecule has 20 heavy (non-hydrogen) atoms. The average molecular weight is 405 g/mol. The molecule has 0 bridgehead atoms. The Labute approximate surface area is 132 Å². The summed E-state index contributed by atoms with van der Waals surface area (Å²) in [6.07, 6.45) is -1.25. The van der Waals surface area contributed by atoms with E-state index in [9.17, 15) is 13.2 Å². The van der Waals surface area contributed by atoms with Crippen LogP contribution in [0, 0.1) is 0 Å². The lowest BCUT2D eigenvalue weighted by Crippen LogP contribution is -2.32. The molecule has 0 aliphatic heterocycles. The van der Waals surface area contributed by atoms with Gasteiger partial charge in [-0.15, -0.1) is 24.0 Å². The molecule has 1 aromatic heterocycles. The summed E-state index contributed by atoms with van der Waals surface area (Å²) in [5.41, 5.74) is 4.65. The Morgan fingerprint density at radius 1 is 1.50 bits per heavy atom. The summed E-state index contributed by atoms with van der Waals surface area (Å²) >= 11 is 0. The zero-order chi connectivity index (χ0) is 14.5. The van der Waals surface area contributed by atoms with Crippen molar-refractivity contribution < 1.29 is 13.2 Å². The third-order valence-corrected chi connectivity index (χ3v) is 2.43. The Kier molecular flexibility index (Phi) is 7.91. The normalized spacial score (nSPS) is 12.2. The number of nitrogens with two attached hydrogens (primary N) is 1. The van der Waals surface area contributed by atoms with Crippen molar-refractivity contribution in [2.45, 2.75) is 32.5 Å². The molecular formula is C11H19F3IN5. The van der Waals surface area contributed by atoms with Crippen molar-refractivity contribution >= 4 is 29.9 Å². The fourth-order valence-corrected chi connectivity index (χ4v) is 1.51. The lowest BCUT2D eigenvalue weighted by molar-refractivity contribution is -0.142. The maximum Gasteiger partial charge on any atom is 0.435 e. The first-order valence-corrected chi connectivity index (χ1v) is 5.98. The van der Waals surface area contributed by atoms with Gasteiger partial charge in [0.1, 0.15) is 0 Å². The first-order chi connectivity index (χ1) is 8.84. The van der Waals surface area contributed by atoms with Gasteiger partial charge in [0, 0.05) is 25.4 Å². The molecule has 0 aromatic carbocycles. The summed E-state index contributed by atoms with van der Waals surface area (Å²) in [7, 11) is 1.44. The quantitative estimate of drug-likeness (QED) is 0.342. The molecule has 116 valence electrons. The van der Waals surface area contributed by atoms with E-state index in [2.05, 4.69) is 15.4 Å². The van der Waals surface area contributed by atoms with Gasteiger partial charge in [0.25, 0.3) is 0 Å². The van der Waals surface area contributed by atoms with Crippen molar-refractivity contribution in [2.24, 2.45) is 17.8 Å². The summed E-state index contributed by atoms with van der Waals surface area (Å²) in [5.74, 6) is 0.144. The standard InChI is InChI=1S/C11H18F3N5.HI/c1-3-4-5-16-10(15)17-6-8-7-19(2)18-9(8)11(12,13)14;/h7H,3-6H2,1-2H3,(H3,15,16,17);1H. The van der Waals surface area contributed by atoms with E-state index >= 15 is 0 Å². The summed E-state index contributed by atoms with van der Waals surface area (Å²) in [6, 6.07) is 0. The first kappa shape index (κ1) is 19.0. The highest BCUT2D eigenvalue weighted by Crippen LogP contribution is 2.30. The van der Waals surface area contributed by atoms with Crippen LogP contribution in [0.5, 0.6) is 0 Å². The number of hydrogen-bond acceptors (Lipinski definition) is 2. The van der Waals surface area contributed by atoms with Crippen LogP contribution in [0.4, 0.5) is 13.2 Å². The predicted molar refractivity (Wildman–Crippen MR) is 81.9 cm³/mol. The molecule has 0 amide bonds. The number of nitrogens with one attached hydrogen (secondary N) is 1. The van der Waals surface area contributed by atoms with Crippen molar-refractivity contribution in [1.82, 2.24) is 15.1 Å². The SMILES string of the molecule is CCCCNC(N)=NCc1cn(C)nc1C(F)(F)F.I. The van der Waals surface area contributed by atoms with Gasteiger partial charge in [0.05, 0.1) is 6.54 Å². The van der Waals surface area contributed by atoms with E-state index < -0.39 is 11.9 Å². The molecule has 1 rings (SSSR count). The van der Waals surface area contributed by atoms with E-state index in [0.717, 1.165) is 17.5 Å². The van der Waals surface area contributed by atoms with E-state index in [0.29, 0.717) is 6.54 Å². The number of aryl methyl sites for hydroxylation is 1. The minimum absolute atomic E-state index is 0. The molecule has 1 aromatic rings. The van der Waals surface area contributed by atoms with Gasteiger partial charge in [0.15, 0.2) is 11.7 Å². The van der Waals surface area contributed by atoms with Crippen LogP contribution in [0.3, 0.4) is 0 Å². The fraction of sp³-hybridized carbons (Fsp3) is 0.636. The van der Waals surface area contributed by atoms with Gasteiger partial charge < -0.3 is 11.1 Å². The van der Waals surface area contributed by atoms with Crippen LogP contribution >= 0.6 is 24.0 Å². The van der Waals surface area contributed by atoms with Crippen molar-refractivity contribution in [2.75, 3.05) is 6.54 Å². The number of unbranched alkanes of at least 4 members (excludes halogenated alkanes) is 1. The highest BCUT2D eigenvalue weighted by atomic mass is 127. The number of rotatable bonds is 5. The van der Waals surface area contributed by atoms with Crippen LogP contribution in [0.15, 0.2) is 11.2 Å². The summed E-state index contributed by atoms with van der Waals surface area (Å²) < 4.78 is 39.1. The lowest BCUT2D eigenvalue weighted by Gasteiger charge is -2.06. The number of hydrogen-bond donors (Lipinski definition) is 2. The number of halogens is 4. The smallest absolute Gasteiger partial charge is 0.370 e. The maximum absolute atomic E-state index is 12.7. The van der Waals surface area contributed by atoms with Gasteiger partial charge in [-0.2, -0.15) is 18.3 Å². The molecule has 0 atom stereocenters. The van der Waals surface area contributed by atoms with Crippen LogP contribution in [0.2, 0.25) is 0 Å². The monoisotopic (exact) mass is 405 g/mol. The second-order valence-electron chi connectivity index (χ2n) is 4.16. The van der Waals surface area contributed by atoms with Crippen LogP contribution in [0.1, 0.15) is 31.0 Å². The largest absolute Gasteiger partial charge is 0.435 e. The second-order valence-corrected chi connectivity index (χ2v) is 4.16. The average Bonchev–Trinajstić information content (AvgIpc) is 2.68.